The molecule has 1 aliphatic heterocycles. The van der Waals surface area contributed by atoms with Crippen molar-refractivity contribution in [3.05, 3.63) is 51.1 Å². The Morgan fingerprint density at radius 3 is 2.69 bits per heavy atom. The van der Waals surface area contributed by atoms with Gasteiger partial charge in [0.15, 0.2) is 5.82 Å². The smallest absolute Gasteiger partial charge is 0.253 e. The molecule has 8 heteroatoms. The number of aromatic nitrogens is 5. The molecular weight excluding hydrogens is 368 g/mol. The van der Waals surface area contributed by atoms with Gasteiger partial charge in [0.1, 0.15) is 6.04 Å². The fourth-order valence-electron chi connectivity index (χ4n) is 4.21. The highest BCUT2D eigenvalue weighted by molar-refractivity contribution is 5.85. The van der Waals surface area contributed by atoms with Crippen molar-refractivity contribution in [2.24, 2.45) is 0 Å². The Hall–Kier alpha value is -2.58. The fourth-order valence-corrected chi connectivity index (χ4v) is 4.21. The van der Waals surface area contributed by atoms with Crippen LogP contribution in [0.25, 0.3) is 10.9 Å². The molecule has 0 amide bonds. The van der Waals surface area contributed by atoms with Crippen molar-refractivity contribution in [1.82, 2.24) is 30.1 Å². The monoisotopic (exact) mass is 396 g/mol. The third kappa shape index (κ3) is 3.82. The molecule has 1 atom stereocenters. The summed E-state index contributed by atoms with van der Waals surface area (Å²) in [6, 6.07) is 5.89. The van der Waals surface area contributed by atoms with Crippen molar-refractivity contribution in [2.75, 3.05) is 26.8 Å². The van der Waals surface area contributed by atoms with E-state index in [-0.39, 0.29) is 11.6 Å². The van der Waals surface area contributed by atoms with Crippen molar-refractivity contribution in [2.45, 2.75) is 45.7 Å². The van der Waals surface area contributed by atoms with Crippen LogP contribution in [0.5, 0.6) is 0 Å². The molecule has 0 radical (unpaired) electrons. The number of piperidine rings is 1. The Morgan fingerprint density at radius 2 is 1.93 bits per heavy atom. The summed E-state index contributed by atoms with van der Waals surface area (Å²) in [6.45, 7) is 7.00. The number of benzene rings is 1. The first kappa shape index (κ1) is 19.7. The van der Waals surface area contributed by atoms with Crippen LogP contribution in [-0.4, -0.2) is 56.9 Å². The van der Waals surface area contributed by atoms with Gasteiger partial charge < -0.3 is 9.72 Å². The highest BCUT2D eigenvalue weighted by Crippen LogP contribution is 2.30. The lowest BCUT2D eigenvalue weighted by Gasteiger charge is -2.33. The number of ether oxygens (including phenoxy) is 1. The van der Waals surface area contributed by atoms with Crippen LogP contribution in [0.3, 0.4) is 0 Å². The molecule has 4 rings (SSSR count). The maximum Gasteiger partial charge on any atom is 0.253 e. The van der Waals surface area contributed by atoms with E-state index in [1.165, 1.54) is 6.42 Å². The van der Waals surface area contributed by atoms with Crippen LogP contribution in [0.2, 0.25) is 0 Å². The lowest BCUT2D eigenvalue weighted by Crippen LogP contribution is -2.38. The van der Waals surface area contributed by atoms with E-state index >= 15 is 0 Å². The topological polar surface area (TPSA) is 88.9 Å². The number of rotatable bonds is 6. The minimum atomic E-state index is -0.282. The van der Waals surface area contributed by atoms with Crippen LogP contribution in [0.4, 0.5) is 0 Å². The molecule has 1 saturated heterocycles. The second kappa shape index (κ2) is 8.42. The van der Waals surface area contributed by atoms with Gasteiger partial charge in [0.2, 0.25) is 0 Å². The average molecular weight is 396 g/mol. The molecule has 3 heterocycles. The first-order valence-corrected chi connectivity index (χ1v) is 10.2. The molecule has 1 fully saturated rings. The normalized spacial score (nSPS) is 16.4. The van der Waals surface area contributed by atoms with Crippen molar-refractivity contribution in [3.63, 3.8) is 0 Å². The molecule has 1 N–H and O–H groups in total. The van der Waals surface area contributed by atoms with E-state index in [0.717, 1.165) is 48.0 Å². The SMILES string of the molecule is COCCn1nnnc1C(c1cc2c(C)ccc(C)c2[nH]c1=O)N1CCCCC1. The number of tetrazole rings is 1. The van der Waals surface area contributed by atoms with Crippen LogP contribution in [0, 0.1) is 13.8 Å². The molecule has 0 spiro atoms. The Balaban J connectivity index is 1.88. The van der Waals surface area contributed by atoms with Gasteiger partial charge in [-0.15, -0.1) is 5.10 Å². The molecular formula is C21H28N6O2. The van der Waals surface area contributed by atoms with E-state index in [4.69, 9.17) is 4.74 Å². The Morgan fingerprint density at radius 1 is 1.17 bits per heavy atom. The van der Waals surface area contributed by atoms with Gasteiger partial charge in [0.25, 0.3) is 5.56 Å². The quantitative estimate of drug-likeness (QED) is 0.688. The average Bonchev–Trinajstić information content (AvgIpc) is 3.19. The summed E-state index contributed by atoms with van der Waals surface area (Å²) in [5.74, 6) is 0.694. The number of nitrogens with zero attached hydrogens (tertiary/aromatic N) is 5. The van der Waals surface area contributed by atoms with Crippen LogP contribution in [-0.2, 0) is 11.3 Å². The van der Waals surface area contributed by atoms with E-state index in [1.807, 2.05) is 19.1 Å². The molecule has 154 valence electrons. The Labute approximate surface area is 169 Å². The molecule has 1 aliphatic rings. The van der Waals surface area contributed by atoms with E-state index in [9.17, 15) is 4.79 Å². The van der Waals surface area contributed by atoms with Gasteiger partial charge in [-0.3, -0.25) is 9.69 Å². The zero-order valence-corrected chi connectivity index (χ0v) is 17.3. The zero-order valence-electron chi connectivity index (χ0n) is 17.3. The first-order chi connectivity index (χ1) is 14.1. The van der Waals surface area contributed by atoms with Crippen LogP contribution in [0.15, 0.2) is 23.0 Å². The largest absolute Gasteiger partial charge is 0.383 e. The summed E-state index contributed by atoms with van der Waals surface area (Å²) in [6.07, 6.45) is 3.43. The Kier molecular flexibility index (Phi) is 5.73. The van der Waals surface area contributed by atoms with E-state index < -0.39 is 0 Å². The zero-order chi connectivity index (χ0) is 20.4. The number of aryl methyl sites for hydroxylation is 2. The lowest BCUT2D eigenvalue weighted by molar-refractivity contribution is 0.163. The van der Waals surface area contributed by atoms with Gasteiger partial charge in [-0.25, -0.2) is 4.68 Å². The number of nitrogens with one attached hydrogen (secondary N) is 1. The van der Waals surface area contributed by atoms with E-state index in [1.54, 1.807) is 11.8 Å². The van der Waals surface area contributed by atoms with Crippen molar-refractivity contribution < 1.29 is 4.74 Å². The molecule has 1 unspecified atom stereocenters. The summed E-state index contributed by atoms with van der Waals surface area (Å²) in [7, 11) is 1.66. The minimum absolute atomic E-state index is 0.0805. The molecule has 0 saturated carbocycles. The summed E-state index contributed by atoms with van der Waals surface area (Å²) in [5, 5.41) is 13.5. The van der Waals surface area contributed by atoms with Gasteiger partial charge >= 0.3 is 0 Å². The number of hydrogen-bond acceptors (Lipinski definition) is 6. The Bertz CT molecular complexity index is 1050. The number of pyridine rings is 1. The second-order valence-electron chi connectivity index (χ2n) is 7.79. The third-order valence-electron chi connectivity index (χ3n) is 5.83. The number of fused-ring (bicyclic) bond motifs is 1. The number of likely N-dealkylation sites (tertiary alicyclic amines) is 1. The van der Waals surface area contributed by atoms with Gasteiger partial charge in [-0.05, 0) is 67.4 Å². The van der Waals surface area contributed by atoms with Crippen molar-refractivity contribution in [3.8, 4) is 0 Å². The number of H-pyrrole nitrogens is 1. The highest BCUT2D eigenvalue weighted by Gasteiger charge is 2.31. The fraction of sp³-hybridized carbons (Fsp3) is 0.524. The van der Waals surface area contributed by atoms with Crippen LogP contribution in [0.1, 0.15) is 47.8 Å². The minimum Gasteiger partial charge on any atom is -0.383 e. The predicted octanol–water partition coefficient (Wildman–Crippen LogP) is 2.35. The van der Waals surface area contributed by atoms with E-state index in [0.29, 0.717) is 24.5 Å². The third-order valence-corrected chi connectivity index (χ3v) is 5.83. The predicted molar refractivity (Wildman–Crippen MR) is 111 cm³/mol. The van der Waals surface area contributed by atoms with Gasteiger partial charge in [0, 0.05) is 18.1 Å². The lowest BCUT2D eigenvalue weighted by atomic mass is 9.98. The van der Waals surface area contributed by atoms with Crippen LogP contribution < -0.4 is 5.56 Å². The molecule has 8 nitrogen and oxygen atoms in total. The second-order valence-corrected chi connectivity index (χ2v) is 7.79. The van der Waals surface area contributed by atoms with Gasteiger partial charge in [-0.1, -0.05) is 18.6 Å². The number of methoxy groups -OCH3 is 1. The molecule has 1 aromatic carbocycles. The summed E-state index contributed by atoms with van der Waals surface area (Å²) in [4.78, 5) is 18.7. The summed E-state index contributed by atoms with van der Waals surface area (Å²) in [5.41, 5.74) is 3.72. The van der Waals surface area contributed by atoms with Crippen LogP contribution >= 0.6 is 0 Å². The summed E-state index contributed by atoms with van der Waals surface area (Å²) >= 11 is 0. The molecule has 3 aromatic rings. The molecule has 29 heavy (non-hydrogen) atoms. The first-order valence-electron chi connectivity index (χ1n) is 10.2. The maximum absolute atomic E-state index is 13.2. The molecule has 0 aliphatic carbocycles. The molecule has 2 aromatic heterocycles. The highest BCUT2D eigenvalue weighted by atomic mass is 16.5. The summed E-state index contributed by atoms with van der Waals surface area (Å²) < 4.78 is 6.97. The van der Waals surface area contributed by atoms with Crippen molar-refractivity contribution >= 4 is 10.9 Å². The van der Waals surface area contributed by atoms with Gasteiger partial charge in [-0.2, -0.15) is 0 Å². The standard InChI is InChI=1S/C21H28N6O2/c1-14-7-8-15(2)18-16(14)13-17(21(28)22-18)19(26-9-5-4-6-10-26)20-23-24-25-27(20)11-12-29-3/h7-8,13,19H,4-6,9-12H2,1-3H3,(H,22,28). The number of aromatic amines is 1. The van der Waals surface area contributed by atoms with Crippen molar-refractivity contribution in [1.29, 1.82) is 0 Å². The van der Waals surface area contributed by atoms with Gasteiger partial charge in [0.05, 0.1) is 18.7 Å². The number of hydrogen-bond donors (Lipinski definition) is 1. The maximum atomic E-state index is 13.2. The molecule has 0 bridgehead atoms. The van der Waals surface area contributed by atoms with E-state index in [2.05, 4.69) is 38.4 Å².